The zero-order valence-corrected chi connectivity index (χ0v) is 21.7. The molecule has 0 saturated heterocycles. The van der Waals surface area contributed by atoms with Crippen molar-refractivity contribution in [3.8, 4) is 17.2 Å². The Morgan fingerprint density at radius 2 is 1.62 bits per heavy atom. The zero-order valence-electron chi connectivity index (χ0n) is 20.7. The van der Waals surface area contributed by atoms with E-state index in [1.807, 2.05) is 43.3 Å². The summed E-state index contributed by atoms with van der Waals surface area (Å²) in [5.74, 6) is 1.81. The number of ether oxygens (including phenoxy) is 3. The molecule has 2 rings (SSSR count). The molecule has 6 nitrogen and oxygen atoms in total. The van der Waals surface area contributed by atoms with E-state index in [2.05, 4.69) is 33.9 Å². The Morgan fingerprint density at radius 3 is 2.12 bits per heavy atom. The number of aliphatic hydroxyl groups excluding tert-OH is 1. The van der Waals surface area contributed by atoms with E-state index in [4.69, 9.17) is 24.4 Å². The van der Waals surface area contributed by atoms with Crippen LogP contribution in [0.25, 0.3) is 0 Å². The van der Waals surface area contributed by atoms with E-state index in [0.29, 0.717) is 23.9 Å². The van der Waals surface area contributed by atoms with E-state index in [1.165, 1.54) is 0 Å². The van der Waals surface area contributed by atoms with Crippen molar-refractivity contribution in [2.24, 2.45) is 5.73 Å². The maximum atomic E-state index is 9.93. The van der Waals surface area contributed by atoms with E-state index in [-0.39, 0.29) is 11.6 Å². The second kappa shape index (κ2) is 10.7. The molecule has 2 aromatic rings. The van der Waals surface area contributed by atoms with Gasteiger partial charge in [0.25, 0.3) is 0 Å². The average molecular weight is 462 g/mol. The average Bonchev–Trinajstić information content (AvgIpc) is 2.75. The third-order valence-electron chi connectivity index (χ3n) is 6.23. The summed E-state index contributed by atoms with van der Waals surface area (Å²) in [7, 11) is 1.01. The maximum absolute atomic E-state index is 9.93. The van der Waals surface area contributed by atoms with Gasteiger partial charge in [-0.2, -0.15) is 0 Å². The quantitative estimate of drug-likeness (QED) is 0.486. The predicted octanol–water partition coefficient (Wildman–Crippen LogP) is 4.97. The Hall–Kier alpha value is -2.06. The molecule has 0 spiro atoms. The first-order chi connectivity index (χ1) is 15.0. The Bertz CT molecular complexity index is 880. The van der Waals surface area contributed by atoms with Crippen LogP contribution in [0.2, 0.25) is 18.1 Å². The number of benzene rings is 2. The van der Waals surface area contributed by atoms with Crippen LogP contribution in [0, 0.1) is 6.92 Å². The van der Waals surface area contributed by atoms with Gasteiger partial charge in [-0.05, 0) is 36.7 Å². The van der Waals surface area contributed by atoms with Crippen molar-refractivity contribution in [1.82, 2.24) is 0 Å². The van der Waals surface area contributed by atoms with Crippen molar-refractivity contribution in [1.29, 1.82) is 0 Å². The molecular weight excluding hydrogens is 422 g/mol. The second-order valence-corrected chi connectivity index (χ2v) is 14.3. The molecule has 0 heterocycles. The topological polar surface area (TPSA) is 83.2 Å². The summed E-state index contributed by atoms with van der Waals surface area (Å²) in [6, 6.07) is 11.2. The van der Waals surface area contributed by atoms with Crippen molar-refractivity contribution in [3.05, 3.63) is 53.1 Å². The molecular formula is C25H39NO5Si. The Balaban J connectivity index is 2.57. The summed E-state index contributed by atoms with van der Waals surface area (Å²) in [6.07, 6.45) is -0.556. The number of aliphatic hydroxyl groups is 1. The van der Waals surface area contributed by atoms with Crippen LogP contribution in [-0.4, -0.2) is 40.3 Å². The first kappa shape index (κ1) is 26.2. The summed E-state index contributed by atoms with van der Waals surface area (Å²) >= 11 is 0. The maximum Gasteiger partial charge on any atom is 0.192 e. The normalized spacial score (nSPS) is 14.1. The lowest BCUT2D eigenvalue weighted by Gasteiger charge is -2.41. The van der Waals surface area contributed by atoms with Crippen molar-refractivity contribution in [3.63, 3.8) is 0 Å². The van der Waals surface area contributed by atoms with Crippen LogP contribution in [0.4, 0.5) is 0 Å². The third kappa shape index (κ3) is 5.84. The lowest BCUT2D eigenvalue weighted by molar-refractivity contribution is 0.114. The molecule has 2 atom stereocenters. The summed E-state index contributed by atoms with van der Waals surface area (Å²) in [5, 5.41) is 9.91. The third-order valence-corrected chi connectivity index (χ3v) is 10.7. The molecule has 0 aliphatic rings. The van der Waals surface area contributed by atoms with E-state index in [1.54, 1.807) is 14.2 Å². The molecule has 2 aromatic carbocycles. The van der Waals surface area contributed by atoms with Crippen LogP contribution in [0.1, 0.15) is 43.6 Å². The van der Waals surface area contributed by atoms with E-state index in [9.17, 15) is 5.11 Å². The van der Waals surface area contributed by atoms with Gasteiger partial charge in [-0.15, -0.1) is 0 Å². The van der Waals surface area contributed by atoms with Crippen LogP contribution in [0.15, 0.2) is 36.4 Å². The Morgan fingerprint density at radius 1 is 1.03 bits per heavy atom. The van der Waals surface area contributed by atoms with E-state index in [0.717, 1.165) is 16.7 Å². The summed E-state index contributed by atoms with van der Waals surface area (Å²) in [5.41, 5.74) is 8.97. The lowest BCUT2D eigenvalue weighted by Crippen LogP contribution is -2.46. The number of nitrogens with two attached hydrogens (primary N) is 1. The molecule has 0 bridgehead atoms. The number of hydrogen-bond acceptors (Lipinski definition) is 6. The van der Waals surface area contributed by atoms with Gasteiger partial charge in [0.1, 0.15) is 12.4 Å². The number of rotatable bonds is 10. The minimum atomic E-state index is -2.21. The van der Waals surface area contributed by atoms with Gasteiger partial charge < -0.3 is 29.5 Å². The Kier molecular flexibility index (Phi) is 8.76. The highest BCUT2D eigenvalue weighted by Crippen LogP contribution is 2.46. The minimum absolute atomic E-state index is 0.0260. The van der Waals surface area contributed by atoms with Crippen molar-refractivity contribution < 1.29 is 23.7 Å². The molecule has 0 aromatic heterocycles. The van der Waals surface area contributed by atoms with Crippen LogP contribution in [0.3, 0.4) is 0 Å². The molecule has 0 unspecified atom stereocenters. The first-order valence-corrected chi connectivity index (χ1v) is 13.8. The molecule has 0 aliphatic carbocycles. The van der Waals surface area contributed by atoms with Crippen LogP contribution in [-0.2, 0) is 11.0 Å². The largest absolute Gasteiger partial charge is 0.496 e. The Labute approximate surface area is 193 Å². The monoisotopic (exact) mass is 461 g/mol. The molecule has 0 amide bonds. The fourth-order valence-electron chi connectivity index (χ4n) is 3.33. The summed E-state index contributed by atoms with van der Waals surface area (Å²) in [6.45, 7) is 12.9. The van der Waals surface area contributed by atoms with Crippen molar-refractivity contribution in [2.75, 3.05) is 20.8 Å². The lowest BCUT2D eigenvalue weighted by atomic mass is 9.98. The molecule has 0 saturated carbocycles. The van der Waals surface area contributed by atoms with Gasteiger partial charge >= 0.3 is 0 Å². The number of hydrogen-bond donors (Lipinski definition) is 2. The first-order valence-electron chi connectivity index (χ1n) is 10.9. The van der Waals surface area contributed by atoms with Gasteiger partial charge in [0.15, 0.2) is 19.8 Å². The fourth-order valence-corrected chi connectivity index (χ4v) is 4.62. The molecule has 0 radical (unpaired) electrons. The number of methoxy groups -OCH3 is 2. The van der Waals surface area contributed by atoms with Gasteiger partial charge in [0.2, 0.25) is 0 Å². The molecule has 178 valence electrons. The summed E-state index contributed by atoms with van der Waals surface area (Å²) < 4.78 is 24.3. The van der Waals surface area contributed by atoms with E-state index < -0.39 is 20.5 Å². The zero-order chi connectivity index (χ0) is 24.1. The van der Waals surface area contributed by atoms with Gasteiger partial charge in [0.05, 0.1) is 33.0 Å². The van der Waals surface area contributed by atoms with Crippen LogP contribution < -0.4 is 19.9 Å². The second-order valence-electron chi connectivity index (χ2n) is 9.57. The highest BCUT2D eigenvalue weighted by molar-refractivity contribution is 6.74. The molecule has 3 N–H and O–H groups in total. The van der Waals surface area contributed by atoms with Crippen molar-refractivity contribution >= 4 is 8.32 Å². The van der Waals surface area contributed by atoms with Gasteiger partial charge in [-0.3, -0.25) is 0 Å². The SMILES string of the molecule is COc1c(OCc2ccccc2)cc([C@@H](O[Si](C)(C)C(C)(C)C)[C@H](N)CO)c(OC)c1C. The standard InChI is InChI=1S/C25H39NO5Si/c1-17-22(28-5)19(24(20(26)15-27)31-32(7,8)25(2,3)4)14-21(23(17)29-6)30-16-18-12-10-9-11-13-18/h9-14,20,24,27H,15-16,26H2,1-8H3/t20-,24-/m1/s1. The fraction of sp³-hybridized carbons (Fsp3) is 0.520. The minimum Gasteiger partial charge on any atom is -0.496 e. The van der Waals surface area contributed by atoms with Crippen molar-refractivity contribution in [2.45, 2.75) is 64.6 Å². The summed E-state index contributed by atoms with van der Waals surface area (Å²) in [4.78, 5) is 0. The van der Waals surface area contributed by atoms with Gasteiger partial charge in [-0.1, -0.05) is 51.1 Å². The van der Waals surface area contributed by atoms with Gasteiger partial charge in [-0.25, -0.2) is 0 Å². The highest BCUT2D eigenvalue weighted by atomic mass is 28.4. The van der Waals surface area contributed by atoms with Crippen LogP contribution in [0.5, 0.6) is 17.2 Å². The highest BCUT2D eigenvalue weighted by Gasteiger charge is 2.41. The van der Waals surface area contributed by atoms with E-state index >= 15 is 0 Å². The molecule has 7 heteroatoms. The smallest absolute Gasteiger partial charge is 0.192 e. The molecule has 0 fully saturated rings. The molecule has 32 heavy (non-hydrogen) atoms. The molecule has 0 aliphatic heterocycles. The predicted molar refractivity (Wildman–Crippen MR) is 131 cm³/mol. The van der Waals surface area contributed by atoms with Gasteiger partial charge in [0, 0.05) is 11.1 Å². The van der Waals surface area contributed by atoms with Crippen LogP contribution >= 0.6 is 0 Å².